The Kier molecular flexibility index (Phi) is 6.82. The molecule has 2 atom stereocenters. The minimum atomic E-state index is -0.201. The molecule has 2 unspecified atom stereocenters. The third-order valence-electron chi connectivity index (χ3n) is 3.23. The Morgan fingerprint density at radius 3 is 2.72 bits per heavy atom. The largest absolute Gasteiger partial charge is 0.382 e. The van der Waals surface area contributed by atoms with Gasteiger partial charge in [0.25, 0.3) is 0 Å². The van der Waals surface area contributed by atoms with Crippen molar-refractivity contribution in [3.05, 3.63) is 34.1 Å². The van der Waals surface area contributed by atoms with Crippen molar-refractivity contribution in [2.24, 2.45) is 0 Å². The predicted octanol–water partition coefficient (Wildman–Crippen LogP) is 3.53. The van der Waals surface area contributed by atoms with E-state index in [1.54, 1.807) is 13.2 Å². The summed E-state index contributed by atoms with van der Waals surface area (Å²) in [6.45, 7) is 2.06. The van der Waals surface area contributed by atoms with Crippen LogP contribution in [0.25, 0.3) is 0 Å². The first-order valence-electron chi connectivity index (χ1n) is 6.21. The maximum atomic E-state index is 13.4. The molecule has 0 aliphatic rings. The second-order valence-electron chi connectivity index (χ2n) is 4.53. The van der Waals surface area contributed by atoms with Gasteiger partial charge in [-0.25, -0.2) is 4.39 Å². The Morgan fingerprint density at radius 1 is 1.39 bits per heavy atom. The molecule has 1 aromatic carbocycles. The molecule has 0 aliphatic carbocycles. The second-order valence-corrected chi connectivity index (χ2v) is 5.32. The molecule has 0 amide bonds. The number of benzene rings is 1. The summed E-state index contributed by atoms with van der Waals surface area (Å²) in [6, 6.07) is 5.51. The Hall–Kier alpha value is -0.450. The van der Waals surface area contributed by atoms with E-state index in [1.807, 2.05) is 13.1 Å². The average Bonchev–Trinajstić information content (AvgIpc) is 2.38. The van der Waals surface area contributed by atoms with Crippen molar-refractivity contribution >= 4 is 15.9 Å². The fourth-order valence-corrected chi connectivity index (χ4v) is 2.30. The van der Waals surface area contributed by atoms with Gasteiger partial charge in [-0.05, 0) is 60.8 Å². The van der Waals surface area contributed by atoms with Crippen LogP contribution in [0.2, 0.25) is 0 Å². The van der Waals surface area contributed by atoms with Gasteiger partial charge in [0.2, 0.25) is 0 Å². The molecule has 0 saturated carbocycles. The summed E-state index contributed by atoms with van der Waals surface area (Å²) < 4.78 is 19.2. The molecule has 1 N–H and O–H groups in total. The lowest BCUT2D eigenvalue weighted by molar-refractivity contribution is 0.106. The summed E-state index contributed by atoms with van der Waals surface area (Å²) in [4.78, 5) is 0. The Morgan fingerprint density at radius 2 is 2.11 bits per heavy atom. The third kappa shape index (κ3) is 4.67. The number of likely N-dealkylation sites (N-methyl/N-ethyl adjacent to an activating group) is 1. The van der Waals surface area contributed by atoms with Crippen LogP contribution in [-0.2, 0) is 11.2 Å². The first-order chi connectivity index (χ1) is 8.58. The Balaban J connectivity index is 2.59. The molecule has 18 heavy (non-hydrogen) atoms. The SMILES string of the molecule is CNC(CCC(C)OC)Cc1cccc(F)c1Br. The lowest BCUT2D eigenvalue weighted by Crippen LogP contribution is -2.29. The van der Waals surface area contributed by atoms with E-state index in [1.165, 1.54) is 6.07 Å². The summed E-state index contributed by atoms with van der Waals surface area (Å²) in [5, 5.41) is 3.28. The Labute approximate surface area is 117 Å². The Bertz CT molecular complexity index is 373. The highest BCUT2D eigenvalue weighted by molar-refractivity contribution is 9.10. The third-order valence-corrected chi connectivity index (χ3v) is 4.12. The summed E-state index contributed by atoms with van der Waals surface area (Å²) in [5.41, 5.74) is 0.999. The number of nitrogens with one attached hydrogen (secondary N) is 1. The molecule has 0 radical (unpaired) electrons. The summed E-state index contributed by atoms with van der Waals surface area (Å²) in [6.07, 6.45) is 3.08. The monoisotopic (exact) mass is 317 g/mol. The molecule has 0 aliphatic heterocycles. The quantitative estimate of drug-likeness (QED) is 0.830. The van der Waals surface area contributed by atoms with Crippen molar-refractivity contribution in [1.29, 1.82) is 0 Å². The molecule has 4 heteroatoms. The van der Waals surface area contributed by atoms with E-state index < -0.39 is 0 Å². The van der Waals surface area contributed by atoms with E-state index in [9.17, 15) is 4.39 Å². The van der Waals surface area contributed by atoms with E-state index in [0.29, 0.717) is 10.5 Å². The predicted molar refractivity (Wildman–Crippen MR) is 76.4 cm³/mol. The first-order valence-corrected chi connectivity index (χ1v) is 7.00. The van der Waals surface area contributed by atoms with Crippen LogP contribution in [0.1, 0.15) is 25.3 Å². The van der Waals surface area contributed by atoms with Crippen molar-refractivity contribution < 1.29 is 9.13 Å². The summed E-state index contributed by atoms with van der Waals surface area (Å²) >= 11 is 3.30. The summed E-state index contributed by atoms with van der Waals surface area (Å²) in [7, 11) is 3.66. The topological polar surface area (TPSA) is 21.3 Å². The van der Waals surface area contributed by atoms with Crippen molar-refractivity contribution in [2.75, 3.05) is 14.2 Å². The van der Waals surface area contributed by atoms with Gasteiger partial charge in [-0.1, -0.05) is 12.1 Å². The first kappa shape index (κ1) is 15.6. The van der Waals surface area contributed by atoms with Gasteiger partial charge in [-0.3, -0.25) is 0 Å². The van der Waals surface area contributed by atoms with Crippen LogP contribution >= 0.6 is 15.9 Å². The number of halogens is 2. The van der Waals surface area contributed by atoms with E-state index in [4.69, 9.17) is 4.74 Å². The van der Waals surface area contributed by atoms with Crippen LogP contribution in [0.3, 0.4) is 0 Å². The number of rotatable bonds is 7. The van der Waals surface area contributed by atoms with Gasteiger partial charge >= 0.3 is 0 Å². The van der Waals surface area contributed by atoms with E-state index in [0.717, 1.165) is 24.8 Å². The maximum absolute atomic E-state index is 13.4. The highest BCUT2D eigenvalue weighted by Gasteiger charge is 2.13. The molecule has 0 spiro atoms. The van der Waals surface area contributed by atoms with Gasteiger partial charge in [0.1, 0.15) is 5.82 Å². The fraction of sp³-hybridized carbons (Fsp3) is 0.571. The van der Waals surface area contributed by atoms with Crippen molar-refractivity contribution in [3.8, 4) is 0 Å². The highest BCUT2D eigenvalue weighted by atomic mass is 79.9. The van der Waals surface area contributed by atoms with Crippen molar-refractivity contribution in [2.45, 2.75) is 38.3 Å². The van der Waals surface area contributed by atoms with Crippen LogP contribution in [0, 0.1) is 5.82 Å². The minimum absolute atomic E-state index is 0.201. The number of hydrogen-bond acceptors (Lipinski definition) is 2. The van der Waals surface area contributed by atoms with E-state index in [2.05, 4.69) is 28.2 Å². The van der Waals surface area contributed by atoms with Crippen LogP contribution in [0.5, 0.6) is 0 Å². The molecule has 102 valence electrons. The van der Waals surface area contributed by atoms with Crippen LogP contribution < -0.4 is 5.32 Å². The average molecular weight is 318 g/mol. The standard InChI is InChI=1S/C14H21BrFNO/c1-10(18-3)7-8-12(17-2)9-11-5-4-6-13(16)14(11)15/h4-6,10,12,17H,7-9H2,1-3H3. The molecule has 0 aromatic heterocycles. The molecule has 0 saturated heterocycles. The van der Waals surface area contributed by atoms with Gasteiger partial charge in [0, 0.05) is 13.2 Å². The smallest absolute Gasteiger partial charge is 0.137 e. The highest BCUT2D eigenvalue weighted by Crippen LogP contribution is 2.22. The number of methoxy groups -OCH3 is 1. The molecular weight excluding hydrogens is 297 g/mol. The van der Waals surface area contributed by atoms with Crippen molar-refractivity contribution in [3.63, 3.8) is 0 Å². The second kappa shape index (κ2) is 7.87. The van der Waals surface area contributed by atoms with Gasteiger partial charge in [-0.2, -0.15) is 0 Å². The van der Waals surface area contributed by atoms with Crippen LogP contribution in [0.4, 0.5) is 4.39 Å². The fourth-order valence-electron chi connectivity index (χ4n) is 1.87. The molecule has 0 fully saturated rings. The molecular formula is C14H21BrFNO. The zero-order valence-electron chi connectivity index (χ0n) is 11.2. The normalized spacial score (nSPS) is 14.5. The van der Waals surface area contributed by atoms with Gasteiger partial charge in [0.15, 0.2) is 0 Å². The van der Waals surface area contributed by atoms with E-state index in [-0.39, 0.29) is 11.9 Å². The van der Waals surface area contributed by atoms with Gasteiger partial charge in [0.05, 0.1) is 10.6 Å². The van der Waals surface area contributed by atoms with Crippen molar-refractivity contribution in [1.82, 2.24) is 5.32 Å². The molecule has 2 nitrogen and oxygen atoms in total. The van der Waals surface area contributed by atoms with Gasteiger partial charge in [-0.15, -0.1) is 0 Å². The molecule has 0 heterocycles. The number of ether oxygens (including phenoxy) is 1. The molecule has 1 aromatic rings. The molecule has 0 bridgehead atoms. The summed E-state index contributed by atoms with van der Waals surface area (Å²) in [5.74, 6) is -0.201. The lowest BCUT2D eigenvalue weighted by Gasteiger charge is -2.19. The minimum Gasteiger partial charge on any atom is -0.382 e. The van der Waals surface area contributed by atoms with Gasteiger partial charge < -0.3 is 10.1 Å². The van der Waals surface area contributed by atoms with E-state index >= 15 is 0 Å². The lowest BCUT2D eigenvalue weighted by atomic mass is 10.0. The zero-order chi connectivity index (χ0) is 13.5. The zero-order valence-corrected chi connectivity index (χ0v) is 12.8. The van der Waals surface area contributed by atoms with Crippen LogP contribution in [-0.4, -0.2) is 26.3 Å². The number of hydrogen-bond donors (Lipinski definition) is 1. The maximum Gasteiger partial charge on any atom is 0.137 e. The molecule has 1 rings (SSSR count). The van der Waals surface area contributed by atoms with Crippen LogP contribution in [0.15, 0.2) is 22.7 Å².